The molecule has 0 aromatic heterocycles. The van der Waals surface area contributed by atoms with Crippen LogP contribution < -0.4 is 0 Å². The monoisotopic (exact) mass is 218 g/mol. The first-order valence-electron chi connectivity index (χ1n) is 4.86. The van der Waals surface area contributed by atoms with Gasteiger partial charge in [0.15, 0.2) is 0 Å². The zero-order valence-corrected chi connectivity index (χ0v) is 8.95. The second-order valence-corrected chi connectivity index (χ2v) is 4.10. The van der Waals surface area contributed by atoms with Gasteiger partial charge in [-0.15, -0.1) is 11.6 Å². The van der Waals surface area contributed by atoms with Crippen LogP contribution in [0.15, 0.2) is 42.5 Å². The molecule has 0 saturated carbocycles. The van der Waals surface area contributed by atoms with Crippen molar-refractivity contribution in [2.45, 2.75) is 11.8 Å². The summed E-state index contributed by atoms with van der Waals surface area (Å²) in [6, 6.07) is 14.3. The van der Waals surface area contributed by atoms with Crippen molar-refractivity contribution in [1.82, 2.24) is 0 Å². The maximum absolute atomic E-state index is 10.4. The number of carbonyl (C=O) groups is 1. The second-order valence-electron chi connectivity index (χ2n) is 3.54. The highest BCUT2D eigenvalue weighted by Gasteiger charge is 2.04. The number of fused-ring (bicyclic) bond motifs is 1. The average Bonchev–Trinajstić information content (AvgIpc) is 2.29. The van der Waals surface area contributed by atoms with Gasteiger partial charge in [0.05, 0.1) is 5.38 Å². The second kappa shape index (κ2) is 4.45. The van der Waals surface area contributed by atoms with Gasteiger partial charge in [0.1, 0.15) is 6.29 Å². The van der Waals surface area contributed by atoms with Crippen molar-refractivity contribution in [3.8, 4) is 0 Å². The number of aldehydes is 1. The lowest BCUT2D eigenvalue weighted by Crippen LogP contribution is -2.03. The lowest BCUT2D eigenvalue weighted by molar-refractivity contribution is -0.107. The summed E-state index contributed by atoms with van der Waals surface area (Å²) in [5, 5.41) is 1.97. The zero-order valence-electron chi connectivity index (χ0n) is 8.19. The van der Waals surface area contributed by atoms with Crippen molar-refractivity contribution in [2.24, 2.45) is 0 Å². The molecule has 0 N–H and O–H groups in total. The number of halogens is 1. The number of benzene rings is 2. The lowest BCUT2D eigenvalue weighted by Gasteiger charge is -2.04. The van der Waals surface area contributed by atoms with Gasteiger partial charge in [-0.3, -0.25) is 0 Å². The van der Waals surface area contributed by atoms with Crippen LogP contribution in [-0.4, -0.2) is 11.7 Å². The molecule has 2 heteroatoms. The Balaban J connectivity index is 2.34. The van der Waals surface area contributed by atoms with E-state index < -0.39 is 5.38 Å². The molecule has 0 aliphatic heterocycles. The highest BCUT2D eigenvalue weighted by Crippen LogP contribution is 2.17. The Bertz CT molecular complexity index is 479. The molecule has 2 rings (SSSR count). The molecule has 0 aliphatic carbocycles. The predicted molar refractivity (Wildman–Crippen MR) is 63.4 cm³/mol. The van der Waals surface area contributed by atoms with Crippen LogP contribution in [0, 0.1) is 0 Å². The van der Waals surface area contributed by atoms with Gasteiger partial charge >= 0.3 is 0 Å². The Morgan fingerprint density at radius 3 is 2.60 bits per heavy atom. The van der Waals surface area contributed by atoms with E-state index in [1.165, 1.54) is 10.8 Å². The first-order valence-corrected chi connectivity index (χ1v) is 5.30. The number of alkyl halides is 1. The minimum atomic E-state index is -0.425. The molecule has 0 saturated heterocycles. The molecule has 76 valence electrons. The minimum absolute atomic E-state index is 0.425. The van der Waals surface area contributed by atoms with Crippen LogP contribution in [0.1, 0.15) is 5.56 Å². The Labute approximate surface area is 93.7 Å². The van der Waals surface area contributed by atoms with Gasteiger partial charge in [-0.2, -0.15) is 0 Å². The fourth-order valence-electron chi connectivity index (χ4n) is 1.64. The molecule has 2 aromatic carbocycles. The molecular formula is C13H11ClO. The summed E-state index contributed by atoms with van der Waals surface area (Å²) in [6.07, 6.45) is 1.37. The van der Waals surface area contributed by atoms with E-state index in [2.05, 4.69) is 24.3 Å². The van der Waals surface area contributed by atoms with Gasteiger partial charge in [0.25, 0.3) is 0 Å². The van der Waals surface area contributed by atoms with Crippen molar-refractivity contribution in [3.63, 3.8) is 0 Å². The van der Waals surface area contributed by atoms with E-state index in [1.807, 2.05) is 18.2 Å². The van der Waals surface area contributed by atoms with Gasteiger partial charge in [-0.05, 0) is 22.8 Å². The first kappa shape index (κ1) is 10.2. The Hall–Kier alpha value is -1.34. The fourth-order valence-corrected chi connectivity index (χ4v) is 1.82. The number of rotatable bonds is 3. The lowest BCUT2D eigenvalue weighted by atomic mass is 10.0. The van der Waals surface area contributed by atoms with E-state index in [9.17, 15) is 4.79 Å². The molecule has 0 amide bonds. The van der Waals surface area contributed by atoms with Crippen LogP contribution in [0.3, 0.4) is 0 Å². The SMILES string of the molecule is O=CC(Cl)Cc1ccc2ccccc2c1. The molecule has 0 radical (unpaired) electrons. The molecule has 1 nitrogen and oxygen atoms in total. The molecule has 0 fully saturated rings. The van der Waals surface area contributed by atoms with Crippen molar-refractivity contribution >= 4 is 28.7 Å². The van der Waals surface area contributed by atoms with Crippen molar-refractivity contribution < 1.29 is 4.79 Å². The average molecular weight is 219 g/mol. The predicted octanol–water partition coefficient (Wildman–Crippen LogP) is 3.19. The Kier molecular flexibility index (Phi) is 3.02. The summed E-state index contributed by atoms with van der Waals surface area (Å²) in [6.45, 7) is 0. The van der Waals surface area contributed by atoms with Crippen molar-refractivity contribution in [3.05, 3.63) is 48.0 Å². The summed E-state index contributed by atoms with van der Waals surface area (Å²) < 4.78 is 0. The van der Waals surface area contributed by atoms with E-state index in [-0.39, 0.29) is 0 Å². The largest absolute Gasteiger partial charge is 0.302 e. The minimum Gasteiger partial charge on any atom is -0.302 e. The van der Waals surface area contributed by atoms with E-state index in [4.69, 9.17) is 11.6 Å². The van der Waals surface area contributed by atoms with E-state index in [0.29, 0.717) is 6.42 Å². The molecular weight excluding hydrogens is 208 g/mol. The quantitative estimate of drug-likeness (QED) is 0.571. The maximum atomic E-state index is 10.4. The highest BCUT2D eigenvalue weighted by atomic mass is 35.5. The summed E-state index contributed by atoms with van der Waals surface area (Å²) in [5.74, 6) is 0. The third kappa shape index (κ3) is 2.37. The number of hydrogen-bond donors (Lipinski definition) is 0. The number of hydrogen-bond acceptors (Lipinski definition) is 1. The number of carbonyl (C=O) groups excluding carboxylic acids is 1. The molecule has 0 heterocycles. The standard InChI is InChI=1S/C13H11ClO/c14-13(9-15)8-10-5-6-11-3-1-2-4-12(11)7-10/h1-7,9,13H,8H2. The molecule has 1 unspecified atom stereocenters. The van der Waals surface area contributed by atoms with Crippen LogP contribution in [0.5, 0.6) is 0 Å². The van der Waals surface area contributed by atoms with Crippen LogP contribution in [-0.2, 0) is 11.2 Å². The van der Waals surface area contributed by atoms with Gasteiger partial charge in [0.2, 0.25) is 0 Å². The molecule has 0 bridgehead atoms. The smallest absolute Gasteiger partial charge is 0.138 e. The highest BCUT2D eigenvalue weighted by molar-refractivity contribution is 6.27. The van der Waals surface area contributed by atoms with E-state index in [1.54, 1.807) is 0 Å². The van der Waals surface area contributed by atoms with E-state index in [0.717, 1.165) is 11.8 Å². The van der Waals surface area contributed by atoms with Crippen molar-refractivity contribution in [1.29, 1.82) is 0 Å². The summed E-state index contributed by atoms with van der Waals surface area (Å²) in [4.78, 5) is 10.4. The van der Waals surface area contributed by atoms with E-state index >= 15 is 0 Å². The van der Waals surface area contributed by atoms with Crippen molar-refractivity contribution in [2.75, 3.05) is 0 Å². The van der Waals surface area contributed by atoms with Crippen LogP contribution in [0.2, 0.25) is 0 Å². The molecule has 0 aliphatic rings. The fraction of sp³-hybridized carbons (Fsp3) is 0.154. The van der Waals surface area contributed by atoms with Crippen LogP contribution in [0.4, 0.5) is 0 Å². The Morgan fingerprint density at radius 2 is 1.87 bits per heavy atom. The van der Waals surface area contributed by atoms with Gasteiger partial charge in [-0.25, -0.2) is 0 Å². The van der Waals surface area contributed by atoms with Crippen LogP contribution >= 0.6 is 11.6 Å². The van der Waals surface area contributed by atoms with Gasteiger partial charge in [-0.1, -0.05) is 42.5 Å². The molecule has 0 spiro atoms. The molecule has 15 heavy (non-hydrogen) atoms. The molecule has 2 aromatic rings. The van der Waals surface area contributed by atoms with Gasteiger partial charge in [0, 0.05) is 0 Å². The summed E-state index contributed by atoms with van der Waals surface area (Å²) in [7, 11) is 0. The molecule has 1 atom stereocenters. The summed E-state index contributed by atoms with van der Waals surface area (Å²) in [5.41, 5.74) is 1.10. The first-order chi connectivity index (χ1) is 7.29. The normalized spacial score (nSPS) is 12.6. The zero-order chi connectivity index (χ0) is 10.7. The third-order valence-corrected chi connectivity index (χ3v) is 2.65. The Morgan fingerprint density at radius 1 is 1.13 bits per heavy atom. The summed E-state index contributed by atoms with van der Waals surface area (Å²) >= 11 is 5.78. The van der Waals surface area contributed by atoms with Crippen LogP contribution in [0.25, 0.3) is 10.8 Å². The topological polar surface area (TPSA) is 17.1 Å². The maximum Gasteiger partial charge on any atom is 0.138 e. The third-order valence-electron chi connectivity index (χ3n) is 2.39. The van der Waals surface area contributed by atoms with Gasteiger partial charge < -0.3 is 4.79 Å².